The molecule has 43 heavy (non-hydrogen) atoms. The Bertz CT molecular complexity index is 1450. The molecule has 1 aromatic heterocycles. The van der Waals surface area contributed by atoms with Gasteiger partial charge in [0.15, 0.2) is 5.75 Å². The Morgan fingerprint density at radius 1 is 0.767 bits per heavy atom. The van der Waals surface area contributed by atoms with Crippen molar-refractivity contribution in [1.29, 1.82) is 0 Å². The number of hydrogen-bond donors (Lipinski definition) is 0. The van der Waals surface area contributed by atoms with Gasteiger partial charge in [-0.1, -0.05) is 12.1 Å². The van der Waals surface area contributed by atoms with E-state index in [0.717, 1.165) is 26.3 Å². The standard InChI is InChI=1S/C33H37FO8S/c1-33(2,3)42-30(35)22-39-18-17-37-15-16-38-19-20-40-25-9-11-26(12-10-25)41-31-28-14-13-27(36-4)21-29(28)43-32(31)23-5-7-24(34)8-6-23/h5-14,21H,15-20,22H2,1-4H3. The second kappa shape index (κ2) is 15.7. The molecule has 0 unspecified atom stereocenters. The summed E-state index contributed by atoms with van der Waals surface area (Å²) in [5.41, 5.74) is 0.344. The molecule has 0 aliphatic rings. The predicted molar refractivity (Wildman–Crippen MR) is 164 cm³/mol. The summed E-state index contributed by atoms with van der Waals surface area (Å²) in [6.45, 7) is 7.60. The van der Waals surface area contributed by atoms with E-state index in [9.17, 15) is 9.18 Å². The number of esters is 1. The van der Waals surface area contributed by atoms with Crippen LogP contribution in [0, 0.1) is 5.82 Å². The number of halogens is 1. The lowest BCUT2D eigenvalue weighted by Gasteiger charge is -2.19. The molecule has 3 aromatic carbocycles. The zero-order valence-corrected chi connectivity index (χ0v) is 25.7. The zero-order chi connectivity index (χ0) is 30.7. The first-order valence-electron chi connectivity index (χ1n) is 13.9. The summed E-state index contributed by atoms with van der Waals surface area (Å²) in [6, 6.07) is 19.6. The third kappa shape index (κ3) is 10.2. The van der Waals surface area contributed by atoms with E-state index in [1.54, 1.807) is 30.6 Å². The zero-order valence-electron chi connectivity index (χ0n) is 24.9. The molecule has 0 aliphatic heterocycles. The molecule has 0 radical (unpaired) electrons. The highest BCUT2D eigenvalue weighted by atomic mass is 32.1. The number of ether oxygens (including phenoxy) is 7. The van der Waals surface area contributed by atoms with E-state index in [-0.39, 0.29) is 12.4 Å². The molecule has 4 aromatic rings. The van der Waals surface area contributed by atoms with Gasteiger partial charge in [-0.2, -0.15) is 0 Å². The van der Waals surface area contributed by atoms with Gasteiger partial charge in [0, 0.05) is 10.1 Å². The molecule has 0 spiro atoms. The molecule has 1 heterocycles. The number of carbonyl (C=O) groups excluding carboxylic acids is 1. The number of rotatable bonds is 16. The average Bonchev–Trinajstić information content (AvgIpc) is 3.33. The van der Waals surface area contributed by atoms with Crippen molar-refractivity contribution in [2.24, 2.45) is 0 Å². The van der Waals surface area contributed by atoms with Crippen LogP contribution >= 0.6 is 11.3 Å². The van der Waals surface area contributed by atoms with E-state index in [1.807, 2.05) is 63.2 Å². The fraction of sp³-hybridized carbons (Fsp3) is 0.364. The molecule has 10 heteroatoms. The molecule has 0 N–H and O–H groups in total. The van der Waals surface area contributed by atoms with E-state index in [2.05, 4.69) is 0 Å². The highest BCUT2D eigenvalue weighted by Crippen LogP contribution is 2.47. The number of methoxy groups -OCH3 is 1. The number of carbonyl (C=O) groups is 1. The van der Waals surface area contributed by atoms with Gasteiger partial charge in [0.2, 0.25) is 0 Å². The fourth-order valence-corrected chi connectivity index (χ4v) is 5.14. The number of fused-ring (bicyclic) bond motifs is 1. The molecule has 0 saturated carbocycles. The average molecular weight is 613 g/mol. The lowest BCUT2D eigenvalue weighted by Crippen LogP contribution is -2.27. The maximum Gasteiger partial charge on any atom is 0.332 e. The lowest BCUT2D eigenvalue weighted by atomic mass is 10.1. The third-order valence-electron chi connectivity index (χ3n) is 5.88. The van der Waals surface area contributed by atoms with Gasteiger partial charge >= 0.3 is 5.97 Å². The van der Waals surface area contributed by atoms with Crippen molar-refractivity contribution in [2.45, 2.75) is 26.4 Å². The summed E-state index contributed by atoms with van der Waals surface area (Å²) in [5, 5.41) is 0.944. The lowest BCUT2D eigenvalue weighted by molar-refractivity contribution is -0.160. The van der Waals surface area contributed by atoms with Gasteiger partial charge in [-0.25, -0.2) is 9.18 Å². The minimum Gasteiger partial charge on any atom is -0.497 e. The van der Waals surface area contributed by atoms with Gasteiger partial charge in [-0.15, -0.1) is 11.3 Å². The Morgan fingerprint density at radius 3 is 2.02 bits per heavy atom. The van der Waals surface area contributed by atoms with Crippen LogP contribution in [0.4, 0.5) is 4.39 Å². The number of hydrogen-bond acceptors (Lipinski definition) is 9. The van der Waals surface area contributed by atoms with Crippen LogP contribution in [0.15, 0.2) is 66.7 Å². The van der Waals surface area contributed by atoms with Crippen LogP contribution in [-0.4, -0.2) is 64.9 Å². The van der Waals surface area contributed by atoms with Gasteiger partial charge < -0.3 is 33.2 Å². The normalized spacial score (nSPS) is 11.5. The first-order valence-corrected chi connectivity index (χ1v) is 14.8. The van der Waals surface area contributed by atoms with Crippen LogP contribution in [0.3, 0.4) is 0 Å². The molecule has 230 valence electrons. The van der Waals surface area contributed by atoms with Crippen molar-refractivity contribution in [3.8, 4) is 33.4 Å². The molecule has 0 amide bonds. The van der Waals surface area contributed by atoms with Crippen LogP contribution in [-0.2, 0) is 23.7 Å². The summed E-state index contributed by atoms with van der Waals surface area (Å²) in [6.07, 6.45) is 0. The Kier molecular flexibility index (Phi) is 11.7. The van der Waals surface area contributed by atoms with Crippen LogP contribution in [0.5, 0.6) is 23.0 Å². The van der Waals surface area contributed by atoms with Gasteiger partial charge in [-0.05, 0) is 80.9 Å². The summed E-state index contributed by atoms with van der Waals surface area (Å²) in [7, 11) is 1.63. The van der Waals surface area contributed by atoms with Crippen LogP contribution in [0.25, 0.3) is 20.5 Å². The Labute approximate surface area is 255 Å². The van der Waals surface area contributed by atoms with Crippen LogP contribution in [0.1, 0.15) is 20.8 Å². The molecular weight excluding hydrogens is 575 g/mol. The summed E-state index contributed by atoms with van der Waals surface area (Å²) < 4.78 is 53.5. The van der Waals surface area contributed by atoms with Crippen molar-refractivity contribution >= 4 is 27.4 Å². The molecule has 4 rings (SSSR count). The Balaban J connectivity index is 1.19. The van der Waals surface area contributed by atoms with Crippen LogP contribution in [0.2, 0.25) is 0 Å². The first kappa shape index (κ1) is 32.2. The SMILES string of the molecule is COc1ccc2c(Oc3ccc(OCCOCCOCCOCC(=O)OC(C)(C)C)cc3)c(-c3ccc(F)cc3)sc2c1. The quantitative estimate of drug-likeness (QED) is 0.0965. The molecule has 0 bridgehead atoms. The summed E-state index contributed by atoms with van der Waals surface area (Å²) in [4.78, 5) is 12.5. The topological polar surface area (TPSA) is 81.7 Å². The number of benzene rings is 3. The van der Waals surface area contributed by atoms with Crippen molar-refractivity contribution < 1.29 is 42.3 Å². The van der Waals surface area contributed by atoms with E-state index >= 15 is 0 Å². The van der Waals surface area contributed by atoms with E-state index in [0.29, 0.717) is 56.9 Å². The predicted octanol–water partition coefficient (Wildman–Crippen LogP) is 7.28. The molecule has 8 nitrogen and oxygen atoms in total. The van der Waals surface area contributed by atoms with E-state index in [4.69, 9.17) is 33.2 Å². The second-order valence-corrected chi connectivity index (χ2v) is 11.5. The monoisotopic (exact) mass is 612 g/mol. The summed E-state index contributed by atoms with van der Waals surface area (Å²) in [5.74, 6) is 2.11. The van der Waals surface area contributed by atoms with Crippen molar-refractivity contribution in [1.82, 2.24) is 0 Å². The third-order valence-corrected chi connectivity index (χ3v) is 7.06. The molecule has 0 aliphatic carbocycles. The van der Waals surface area contributed by atoms with Crippen molar-refractivity contribution in [2.75, 3.05) is 53.4 Å². The van der Waals surface area contributed by atoms with E-state index < -0.39 is 11.6 Å². The molecular formula is C33H37FO8S. The molecule has 0 saturated heterocycles. The maximum absolute atomic E-state index is 13.6. The highest BCUT2D eigenvalue weighted by Gasteiger charge is 2.18. The fourth-order valence-electron chi connectivity index (χ4n) is 3.98. The van der Waals surface area contributed by atoms with Gasteiger partial charge in [0.1, 0.15) is 41.9 Å². The smallest absolute Gasteiger partial charge is 0.332 e. The Morgan fingerprint density at radius 2 is 1.37 bits per heavy atom. The maximum atomic E-state index is 13.6. The molecule has 0 atom stereocenters. The van der Waals surface area contributed by atoms with E-state index in [1.165, 1.54) is 12.1 Å². The highest BCUT2D eigenvalue weighted by molar-refractivity contribution is 7.22. The van der Waals surface area contributed by atoms with Gasteiger partial charge in [0.25, 0.3) is 0 Å². The van der Waals surface area contributed by atoms with Gasteiger partial charge in [-0.3, -0.25) is 0 Å². The van der Waals surface area contributed by atoms with Crippen molar-refractivity contribution in [3.63, 3.8) is 0 Å². The molecule has 0 fully saturated rings. The summed E-state index contributed by atoms with van der Waals surface area (Å²) >= 11 is 1.56. The Hall–Kier alpha value is -3.70. The second-order valence-electron chi connectivity index (χ2n) is 10.4. The minimum absolute atomic E-state index is 0.0981. The largest absolute Gasteiger partial charge is 0.497 e. The first-order chi connectivity index (χ1) is 20.7. The minimum atomic E-state index is -0.525. The van der Waals surface area contributed by atoms with Crippen molar-refractivity contribution in [3.05, 3.63) is 72.5 Å². The van der Waals surface area contributed by atoms with Crippen LogP contribution < -0.4 is 14.2 Å². The number of thiophene rings is 1. The van der Waals surface area contributed by atoms with Gasteiger partial charge in [0.05, 0.1) is 45.0 Å².